The number of thioether (sulfide) groups is 1. The van der Waals surface area contributed by atoms with Gasteiger partial charge in [-0.15, -0.1) is 11.8 Å². The zero-order valence-electron chi connectivity index (χ0n) is 13.8. The summed E-state index contributed by atoms with van der Waals surface area (Å²) in [4.78, 5) is 13.2. The van der Waals surface area contributed by atoms with Gasteiger partial charge in [0.25, 0.3) is 0 Å². The van der Waals surface area contributed by atoms with Gasteiger partial charge in [-0.25, -0.2) is 0 Å². The van der Waals surface area contributed by atoms with Crippen LogP contribution in [0.15, 0.2) is 29.2 Å². The van der Waals surface area contributed by atoms with Crippen LogP contribution < -0.4 is 10.6 Å². The highest BCUT2D eigenvalue weighted by Gasteiger charge is 2.15. The summed E-state index contributed by atoms with van der Waals surface area (Å²) >= 11 is 6.93. The molecule has 3 nitrogen and oxygen atoms in total. The molecule has 1 saturated carbocycles. The van der Waals surface area contributed by atoms with Gasteiger partial charge >= 0.3 is 0 Å². The van der Waals surface area contributed by atoms with E-state index in [0.29, 0.717) is 18.1 Å². The molecule has 1 aliphatic rings. The lowest BCUT2D eigenvalue weighted by Gasteiger charge is -2.21. The van der Waals surface area contributed by atoms with E-state index in [1.54, 1.807) is 11.8 Å². The van der Waals surface area contributed by atoms with Crippen molar-refractivity contribution in [2.24, 2.45) is 5.92 Å². The molecule has 0 heterocycles. The average Bonchev–Trinajstić information content (AvgIpc) is 2.59. The van der Waals surface area contributed by atoms with Crippen LogP contribution in [0.4, 0.5) is 0 Å². The van der Waals surface area contributed by atoms with Crippen molar-refractivity contribution in [2.45, 2.75) is 56.4 Å². The van der Waals surface area contributed by atoms with Crippen LogP contribution in [-0.4, -0.2) is 17.3 Å². The molecule has 0 radical (unpaired) electrons. The summed E-state index contributed by atoms with van der Waals surface area (Å²) in [5.41, 5.74) is 1.15. The van der Waals surface area contributed by atoms with Gasteiger partial charge in [-0.3, -0.25) is 4.79 Å². The smallest absolute Gasteiger partial charge is 0.226 e. The van der Waals surface area contributed by atoms with Crippen LogP contribution in [0.25, 0.3) is 0 Å². The van der Waals surface area contributed by atoms with Gasteiger partial charge in [-0.1, -0.05) is 44.2 Å². The Hall–Kier alpha value is -1.07. The maximum absolute atomic E-state index is 11.9. The number of amides is 1. The lowest BCUT2D eigenvalue weighted by atomic mass is 9.86. The molecule has 1 amide bonds. The molecule has 1 aromatic rings. The normalized spacial score (nSPS) is 15.2. The van der Waals surface area contributed by atoms with E-state index in [2.05, 4.69) is 41.2 Å². The highest BCUT2D eigenvalue weighted by molar-refractivity contribution is 7.98. The van der Waals surface area contributed by atoms with E-state index in [4.69, 9.17) is 12.2 Å². The van der Waals surface area contributed by atoms with Gasteiger partial charge in [0.15, 0.2) is 5.11 Å². The molecule has 1 fully saturated rings. The molecule has 1 aromatic carbocycles. The Morgan fingerprint density at radius 3 is 2.57 bits per heavy atom. The zero-order valence-corrected chi connectivity index (χ0v) is 15.4. The second-order valence-electron chi connectivity index (χ2n) is 6.12. The molecule has 1 aliphatic carbocycles. The first kappa shape index (κ1) is 18.3. The van der Waals surface area contributed by atoms with E-state index in [0.717, 1.165) is 17.9 Å². The molecule has 0 saturated heterocycles. The van der Waals surface area contributed by atoms with Crippen molar-refractivity contribution in [1.82, 2.24) is 10.6 Å². The average molecular weight is 351 g/mol. The zero-order chi connectivity index (χ0) is 16.5. The van der Waals surface area contributed by atoms with Crippen LogP contribution in [0, 0.1) is 5.92 Å². The SMILES string of the molecule is CSc1ccc(CNC(=S)NC(=O)CCC2CCCCC2)cc1. The molecule has 0 aromatic heterocycles. The second-order valence-corrected chi connectivity index (χ2v) is 7.41. The predicted octanol–water partition coefficient (Wildman–Crippen LogP) is 4.26. The number of thiocarbonyl (C=S) groups is 1. The fourth-order valence-electron chi connectivity index (χ4n) is 2.97. The van der Waals surface area contributed by atoms with Gasteiger partial charge in [-0.05, 0) is 48.5 Å². The van der Waals surface area contributed by atoms with Crippen molar-refractivity contribution in [3.63, 3.8) is 0 Å². The minimum atomic E-state index is 0.0332. The Labute approximate surface area is 149 Å². The first-order chi connectivity index (χ1) is 11.2. The van der Waals surface area contributed by atoms with E-state index in [1.165, 1.54) is 37.0 Å². The summed E-state index contributed by atoms with van der Waals surface area (Å²) in [6.07, 6.45) is 10.2. The molecule has 2 rings (SSSR count). The number of carbonyl (C=O) groups is 1. The first-order valence-corrected chi connectivity index (χ1v) is 10.0. The molecule has 0 unspecified atom stereocenters. The van der Waals surface area contributed by atoms with E-state index in [-0.39, 0.29) is 5.91 Å². The Morgan fingerprint density at radius 2 is 1.91 bits per heavy atom. The number of nitrogens with one attached hydrogen (secondary N) is 2. The monoisotopic (exact) mass is 350 g/mol. The van der Waals surface area contributed by atoms with Crippen molar-refractivity contribution < 1.29 is 4.79 Å². The highest BCUT2D eigenvalue weighted by Crippen LogP contribution is 2.27. The van der Waals surface area contributed by atoms with Crippen LogP contribution >= 0.6 is 24.0 Å². The van der Waals surface area contributed by atoms with Crippen molar-refractivity contribution >= 4 is 35.0 Å². The third-order valence-corrected chi connectivity index (χ3v) is 5.36. The molecule has 0 atom stereocenters. The molecule has 0 bridgehead atoms. The summed E-state index contributed by atoms with van der Waals surface area (Å²) in [5, 5.41) is 6.31. The Bertz CT molecular complexity index is 510. The van der Waals surface area contributed by atoms with Crippen LogP contribution in [0.5, 0.6) is 0 Å². The van der Waals surface area contributed by atoms with Crippen LogP contribution in [-0.2, 0) is 11.3 Å². The lowest BCUT2D eigenvalue weighted by molar-refractivity contribution is -0.120. The largest absolute Gasteiger partial charge is 0.358 e. The van der Waals surface area contributed by atoms with Crippen molar-refractivity contribution in [2.75, 3.05) is 6.26 Å². The Balaban J connectivity index is 1.63. The van der Waals surface area contributed by atoms with Gasteiger partial charge in [0.1, 0.15) is 0 Å². The van der Waals surface area contributed by atoms with Gasteiger partial charge in [0.05, 0.1) is 0 Å². The van der Waals surface area contributed by atoms with Gasteiger partial charge in [-0.2, -0.15) is 0 Å². The minimum Gasteiger partial charge on any atom is -0.358 e. The van der Waals surface area contributed by atoms with Crippen LogP contribution in [0.3, 0.4) is 0 Å². The summed E-state index contributed by atoms with van der Waals surface area (Å²) in [7, 11) is 0. The van der Waals surface area contributed by atoms with E-state index in [9.17, 15) is 4.79 Å². The fraction of sp³-hybridized carbons (Fsp3) is 0.556. The van der Waals surface area contributed by atoms with Crippen LogP contribution in [0.1, 0.15) is 50.5 Å². The number of hydrogen-bond donors (Lipinski definition) is 2. The number of benzene rings is 1. The maximum atomic E-state index is 11.9. The highest BCUT2D eigenvalue weighted by atomic mass is 32.2. The number of rotatable bonds is 6. The lowest BCUT2D eigenvalue weighted by Crippen LogP contribution is -2.38. The van der Waals surface area contributed by atoms with E-state index < -0.39 is 0 Å². The molecule has 0 spiro atoms. The third kappa shape index (κ3) is 6.92. The van der Waals surface area contributed by atoms with Crippen LogP contribution in [0.2, 0.25) is 0 Å². The molecule has 126 valence electrons. The summed E-state index contributed by atoms with van der Waals surface area (Å²) in [6, 6.07) is 8.33. The number of carbonyl (C=O) groups excluding carboxylic acids is 1. The van der Waals surface area contributed by atoms with Gasteiger partial charge in [0.2, 0.25) is 5.91 Å². The topological polar surface area (TPSA) is 41.1 Å². The van der Waals surface area contributed by atoms with Crippen molar-refractivity contribution in [1.29, 1.82) is 0 Å². The predicted molar refractivity (Wildman–Crippen MR) is 102 cm³/mol. The Kier molecular flexibility index (Phi) is 7.89. The standard InChI is InChI=1S/C18H26N2OS2/c1-23-16-10-7-15(8-11-16)13-19-18(22)20-17(21)12-9-14-5-3-2-4-6-14/h7-8,10-11,14H,2-6,9,12-13H2,1H3,(H2,19,20,21,22). The minimum absolute atomic E-state index is 0.0332. The number of hydrogen-bond acceptors (Lipinski definition) is 3. The Morgan fingerprint density at radius 1 is 1.22 bits per heavy atom. The fourth-order valence-corrected chi connectivity index (χ4v) is 3.56. The van der Waals surface area contributed by atoms with E-state index >= 15 is 0 Å². The van der Waals surface area contributed by atoms with Gasteiger partial charge < -0.3 is 10.6 Å². The molecule has 5 heteroatoms. The quantitative estimate of drug-likeness (QED) is 0.594. The molecule has 0 aliphatic heterocycles. The maximum Gasteiger partial charge on any atom is 0.226 e. The molecular formula is C18H26N2OS2. The molecular weight excluding hydrogens is 324 g/mol. The van der Waals surface area contributed by atoms with E-state index in [1.807, 2.05) is 0 Å². The molecule has 23 heavy (non-hydrogen) atoms. The summed E-state index contributed by atoms with van der Waals surface area (Å²) < 4.78 is 0. The van der Waals surface area contributed by atoms with Crippen molar-refractivity contribution in [3.05, 3.63) is 29.8 Å². The summed E-state index contributed by atoms with van der Waals surface area (Å²) in [6.45, 7) is 0.635. The second kappa shape index (κ2) is 9.93. The summed E-state index contributed by atoms with van der Waals surface area (Å²) in [5.74, 6) is 0.761. The van der Waals surface area contributed by atoms with Gasteiger partial charge in [0, 0.05) is 17.9 Å². The van der Waals surface area contributed by atoms with Crippen molar-refractivity contribution in [3.8, 4) is 0 Å². The molecule has 2 N–H and O–H groups in total. The first-order valence-electron chi connectivity index (χ1n) is 8.38. The third-order valence-electron chi connectivity index (χ3n) is 4.37.